The summed E-state index contributed by atoms with van der Waals surface area (Å²) in [5, 5.41) is 0.229. The van der Waals surface area contributed by atoms with Crippen molar-refractivity contribution in [3.63, 3.8) is 0 Å². The minimum Gasteiger partial charge on any atom is -0.416 e. The van der Waals surface area contributed by atoms with Crippen LogP contribution in [0.2, 0.25) is 18.1 Å². The number of rotatable bonds is 6. The summed E-state index contributed by atoms with van der Waals surface area (Å²) in [4.78, 5) is 0. The van der Waals surface area contributed by atoms with Crippen LogP contribution in [0.4, 0.5) is 0 Å². The molecular formula is C18H36O3Si. The van der Waals surface area contributed by atoms with Crippen LogP contribution in [0.15, 0.2) is 12.7 Å². The average Bonchev–Trinajstić information content (AvgIpc) is 2.70. The normalized spacial score (nSPS) is 28.4. The van der Waals surface area contributed by atoms with E-state index in [0.29, 0.717) is 5.92 Å². The van der Waals surface area contributed by atoms with Crippen LogP contribution in [-0.2, 0) is 13.9 Å². The summed E-state index contributed by atoms with van der Waals surface area (Å²) in [5.74, 6) is 0.0306. The summed E-state index contributed by atoms with van der Waals surface area (Å²) in [7, 11) is -1.73. The van der Waals surface area contributed by atoms with E-state index in [0.717, 1.165) is 6.61 Å². The number of hydrogen-bond acceptors (Lipinski definition) is 3. The first-order valence-corrected chi connectivity index (χ1v) is 11.3. The fourth-order valence-electron chi connectivity index (χ4n) is 2.45. The minimum atomic E-state index is -1.73. The summed E-state index contributed by atoms with van der Waals surface area (Å²) in [6.45, 7) is 24.3. The fourth-order valence-corrected chi connectivity index (χ4v) is 3.56. The summed E-state index contributed by atoms with van der Waals surface area (Å²) in [6.07, 6.45) is 2.04. The van der Waals surface area contributed by atoms with Crippen LogP contribution in [-0.4, -0.2) is 32.9 Å². The Morgan fingerprint density at radius 2 is 1.68 bits per heavy atom. The zero-order valence-electron chi connectivity index (χ0n) is 16.0. The first kappa shape index (κ1) is 19.9. The summed E-state index contributed by atoms with van der Waals surface area (Å²) in [6, 6.07) is 0. The Kier molecular flexibility index (Phi) is 6.11. The lowest BCUT2D eigenvalue weighted by atomic mass is 9.92. The zero-order valence-corrected chi connectivity index (χ0v) is 17.0. The molecule has 1 fully saturated rings. The molecule has 1 heterocycles. The molecule has 1 rings (SSSR count). The van der Waals surface area contributed by atoms with Crippen molar-refractivity contribution in [3.8, 4) is 0 Å². The van der Waals surface area contributed by atoms with E-state index in [4.69, 9.17) is 13.9 Å². The molecule has 4 heteroatoms. The highest BCUT2D eigenvalue weighted by Gasteiger charge is 2.46. The van der Waals surface area contributed by atoms with Gasteiger partial charge in [0, 0.05) is 18.4 Å². The molecule has 0 aromatic heterocycles. The highest BCUT2D eigenvalue weighted by Crippen LogP contribution is 2.39. The molecule has 0 aliphatic carbocycles. The molecule has 22 heavy (non-hydrogen) atoms. The Bertz CT molecular complexity index is 384. The van der Waals surface area contributed by atoms with Crippen LogP contribution in [0.5, 0.6) is 0 Å². The lowest BCUT2D eigenvalue weighted by Crippen LogP contribution is -2.44. The molecule has 0 aromatic rings. The predicted octanol–water partition coefficient (Wildman–Crippen LogP) is 4.99. The van der Waals surface area contributed by atoms with Crippen LogP contribution in [0.25, 0.3) is 0 Å². The number of ether oxygens (including phenoxy) is 2. The third kappa shape index (κ3) is 4.67. The van der Waals surface area contributed by atoms with Crippen molar-refractivity contribution in [1.82, 2.24) is 0 Å². The van der Waals surface area contributed by atoms with Crippen molar-refractivity contribution < 1.29 is 13.9 Å². The van der Waals surface area contributed by atoms with Crippen LogP contribution in [0, 0.1) is 11.8 Å². The molecule has 1 aliphatic rings. The molecule has 3 nitrogen and oxygen atoms in total. The van der Waals surface area contributed by atoms with Crippen molar-refractivity contribution in [2.75, 3.05) is 6.61 Å². The van der Waals surface area contributed by atoms with Gasteiger partial charge < -0.3 is 13.9 Å². The SMILES string of the molecule is C=C[C@H](C)[C@@H]1OC(C)(C)O[C@H]1[C@@H](C)CO[Si](C)(C)C(C)(C)C. The smallest absolute Gasteiger partial charge is 0.191 e. The lowest BCUT2D eigenvalue weighted by molar-refractivity contribution is -0.152. The van der Waals surface area contributed by atoms with Gasteiger partial charge in [-0.05, 0) is 32.0 Å². The Hall–Kier alpha value is -0.163. The third-order valence-corrected chi connectivity index (χ3v) is 9.63. The van der Waals surface area contributed by atoms with Crippen LogP contribution in [0.3, 0.4) is 0 Å². The highest BCUT2D eigenvalue weighted by atomic mass is 28.4. The average molecular weight is 329 g/mol. The van der Waals surface area contributed by atoms with Crippen LogP contribution >= 0.6 is 0 Å². The molecule has 1 aliphatic heterocycles. The molecule has 0 saturated carbocycles. The molecule has 0 bridgehead atoms. The van der Waals surface area contributed by atoms with E-state index >= 15 is 0 Å². The summed E-state index contributed by atoms with van der Waals surface area (Å²) < 4.78 is 18.6. The second kappa shape index (κ2) is 6.76. The van der Waals surface area contributed by atoms with Crippen molar-refractivity contribution in [3.05, 3.63) is 12.7 Å². The predicted molar refractivity (Wildman–Crippen MR) is 95.5 cm³/mol. The first-order chi connectivity index (χ1) is 9.81. The van der Waals surface area contributed by atoms with Gasteiger partial charge in [0.2, 0.25) is 0 Å². The maximum absolute atomic E-state index is 6.38. The van der Waals surface area contributed by atoms with Gasteiger partial charge in [-0.2, -0.15) is 0 Å². The molecule has 130 valence electrons. The Morgan fingerprint density at radius 1 is 1.18 bits per heavy atom. The van der Waals surface area contributed by atoms with Crippen molar-refractivity contribution >= 4 is 8.32 Å². The van der Waals surface area contributed by atoms with Crippen molar-refractivity contribution in [2.45, 2.75) is 84.6 Å². The molecule has 0 spiro atoms. The summed E-state index contributed by atoms with van der Waals surface area (Å²) >= 11 is 0. The van der Waals surface area contributed by atoms with Gasteiger partial charge in [-0.3, -0.25) is 0 Å². The van der Waals surface area contributed by atoms with Gasteiger partial charge in [0.1, 0.15) is 0 Å². The van der Waals surface area contributed by atoms with E-state index < -0.39 is 14.1 Å². The van der Waals surface area contributed by atoms with Gasteiger partial charge >= 0.3 is 0 Å². The topological polar surface area (TPSA) is 27.7 Å². The van der Waals surface area contributed by atoms with Crippen LogP contribution < -0.4 is 0 Å². The first-order valence-electron chi connectivity index (χ1n) is 8.43. The molecule has 4 atom stereocenters. The van der Waals surface area contributed by atoms with Gasteiger partial charge in [0.25, 0.3) is 0 Å². The van der Waals surface area contributed by atoms with E-state index in [9.17, 15) is 0 Å². The largest absolute Gasteiger partial charge is 0.416 e. The zero-order chi connectivity index (χ0) is 17.3. The quantitative estimate of drug-likeness (QED) is 0.508. The van der Waals surface area contributed by atoms with Crippen LogP contribution in [0.1, 0.15) is 48.5 Å². The third-order valence-electron chi connectivity index (χ3n) is 5.13. The second-order valence-electron chi connectivity index (χ2n) is 8.71. The molecule has 0 N–H and O–H groups in total. The maximum Gasteiger partial charge on any atom is 0.191 e. The van der Waals surface area contributed by atoms with Gasteiger partial charge in [-0.25, -0.2) is 0 Å². The lowest BCUT2D eigenvalue weighted by Gasteiger charge is -2.38. The fraction of sp³-hybridized carbons (Fsp3) is 0.889. The van der Waals surface area contributed by atoms with E-state index in [1.165, 1.54) is 0 Å². The standard InChI is InChI=1S/C18H36O3Si/c1-11-13(2)15-16(21-18(7,8)20-15)14(3)12-19-22(9,10)17(4,5)6/h11,13-16H,1,12H2,2-10H3/t13-,14-,15-,16-/m0/s1. The molecular weight excluding hydrogens is 292 g/mol. The molecule has 0 unspecified atom stereocenters. The molecule has 0 amide bonds. The Morgan fingerprint density at radius 3 is 2.14 bits per heavy atom. The molecule has 1 saturated heterocycles. The van der Waals surface area contributed by atoms with Crippen molar-refractivity contribution in [2.24, 2.45) is 11.8 Å². The monoisotopic (exact) mass is 328 g/mol. The minimum absolute atomic E-state index is 0.0468. The molecule has 0 radical (unpaired) electrons. The van der Waals surface area contributed by atoms with Gasteiger partial charge in [0.15, 0.2) is 14.1 Å². The Balaban J connectivity index is 2.75. The summed E-state index contributed by atoms with van der Waals surface area (Å²) in [5.41, 5.74) is 0. The second-order valence-corrected chi connectivity index (χ2v) is 13.5. The highest BCUT2D eigenvalue weighted by molar-refractivity contribution is 6.74. The number of hydrogen-bond donors (Lipinski definition) is 0. The molecule has 0 aromatic carbocycles. The van der Waals surface area contributed by atoms with Crippen molar-refractivity contribution in [1.29, 1.82) is 0 Å². The van der Waals surface area contributed by atoms with Gasteiger partial charge in [0.05, 0.1) is 12.2 Å². The van der Waals surface area contributed by atoms with Gasteiger partial charge in [-0.1, -0.05) is 40.7 Å². The van der Waals surface area contributed by atoms with E-state index in [2.05, 4.69) is 54.3 Å². The van der Waals surface area contributed by atoms with E-state index in [1.807, 2.05) is 19.9 Å². The Labute approximate surface area is 138 Å². The van der Waals surface area contributed by atoms with E-state index in [-0.39, 0.29) is 23.2 Å². The maximum atomic E-state index is 6.38. The van der Waals surface area contributed by atoms with E-state index in [1.54, 1.807) is 0 Å². The van der Waals surface area contributed by atoms with Gasteiger partial charge in [-0.15, -0.1) is 6.58 Å².